The summed E-state index contributed by atoms with van der Waals surface area (Å²) >= 11 is 0. The number of fused-ring (bicyclic) bond motifs is 8. The molecule has 4 heteroatoms. The molecule has 360 valence electrons. The molecule has 0 bridgehead atoms. The van der Waals surface area contributed by atoms with Crippen molar-refractivity contribution in [1.29, 1.82) is 0 Å². The van der Waals surface area contributed by atoms with Gasteiger partial charge in [-0.2, -0.15) is 0 Å². The van der Waals surface area contributed by atoms with E-state index in [1.807, 2.05) is 0 Å². The van der Waals surface area contributed by atoms with Crippen LogP contribution in [0.5, 0.6) is 0 Å². The minimum absolute atomic E-state index is 0.000484. The molecule has 2 aliphatic heterocycles. The number of nitrogens with zero attached hydrogens (tertiary/aromatic N) is 2. The van der Waals surface area contributed by atoms with E-state index in [9.17, 15) is 0 Å². The van der Waals surface area contributed by atoms with Crippen LogP contribution in [0.4, 0.5) is 34.1 Å². The summed E-state index contributed by atoms with van der Waals surface area (Å²) in [4.78, 5) is 5.23. The lowest BCUT2D eigenvalue weighted by Crippen LogP contribution is -2.61. The van der Waals surface area contributed by atoms with Gasteiger partial charge in [0.25, 0.3) is 6.71 Å². The lowest BCUT2D eigenvalue weighted by molar-refractivity contribution is 0.332. The molecular weight excluding hydrogens is 872 g/mol. The van der Waals surface area contributed by atoms with Crippen molar-refractivity contribution >= 4 is 79.2 Å². The molecule has 0 unspecified atom stereocenters. The topological polar surface area (TPSA) is 19.6 Å². The Balaban J connectivity index is 1.26. The van der Waals surface area contributed by atoms with E-state index in [0.717, 1.165) is 40.8 Å². The summed E-state index contributed by atoms with van der Waals surface area (Å²) in [6, 6.07) is 60.6. The first-order chi connectivity index (χ1) is 34.1. The van der Waals surface area contributed by atoms with Gasteiger partial charge in [0.05, 0.1) is 17.0 Å². The SMILES string of the molecule is CC(C)(C)c1ccc(N2c3cc(-c4ccc5ccccc5c4)cc4c3B(c3cc5c(cc3N4c3ccc(C(C)(C)C)cc3-c3ccccc3)C(C)(C)CCC5(C)C)c3oc4ccc(C(C)(C)C)cc4c32)cc1. The van der Waals surface area contributed by atoms with Crippen LogP contribution in [0, 0.1) is 0 Å². The van der Waals surface area contributed by atoms with Crippen molar-refractivity contribution in [1.82, 2.24) is 0 Å². The molecule has 0 fully saturated rings. The van der Waals surface area contributed by atoms with E-state index in [2.05, 4.69) is 258 Å². The lowest BCUT2D eigenvalue weighted by Gasteiger charge is -2.47. The average molecular weight is 941 g/mol. The van der Waals surface area contributed by atoms with Gasteiger partial charge < -0.3 is 14.2 Å². The number of furan rings is 1. The lowest BCUT2D eigenvalue weighted by atomic mass is 9.35. The van der Waals surface area contributed by atoms with E-state index in [0.29, 0.717) is 0 Å². The van der Waals surface area contributed by atoms with Crippen LogP contribution in [0.25, 0.3) is 44.0 Å². The second kappa shape index (κ2) is 15.9. The third kappa shape index (κ3) is 7.37. The standard InChI is InChI=1S/C68H69BN2O/c1-64(2,3)47-25-29-50(30-26-47)70-58-36-46(45-24-23-42-19-17-18-22-44(42)35-45)37-59-61(58)69(63-62(70)52-39-49(66(7,8)9)28-32-60(52)72-63)55-40-53-54(68(12,13)34-33-67(53,10)11)41-57(55)71(59)56-31-27-48(65(4,5)6)38-51(56)43-20-15-14-16-21-43/h14-32,35-41H,33-34H2,1-13H3. The van der Waals surface area contributed by atoms with Crippen molar-refractivity contribution < 1.29 is 4.42 Å². The molecule has 9 aromatic rings. The maximum atomic E-state index is 7.52. The van der Waals surface area contributed by atoms with E-state index < -0.39 is 0 Å². The molecule has 0 radical (unpaired) electrons. The molecule has 0 atom stereocenters. The summed E-state index contributed by atoms with van der Waals surface area (Å²) < 4.78 is 7.52. The zero-order valence-corrected chi connectivity index (χ0v) is 44.8. The van der Waals surface area contributed by atoms with E-state index in [1.165, 1.54) is 94.5 Å². The highest BCUT2D eigenvalue weighted by Crippen LogP contribution is 2.53. The van der Waals surface area contributed by atoms with Crippen molar-refractivity contribution in [3.8, 4) is 22.3 Å². The van der Waals surface area contributed by atoms with Gasteiger partial charge in [-0.15, -0.1) is 0 Å². The van der Waals surface area contributed by atoms with E-state index >= 15 is 0 Å². The number of hydrogen-bond acceptors (Lipinski definition) is 3. The van der Waals surface area contributed by atoms with E-state index in [-0.39, 0.29) is 33.8 Å². The highest BCUT2D eigenvalue weighted by atomic mass is 16.3. The first-order valence-corrected chi connectivity index (χ1v) is 26.4. The van der Waals surface area contributed by atoms with E-state index in [1.54, 1.807) is 0 Å². The monoisotopic (exact) mass is 941 g/mol. The van der Waals surface area contributed by atoms with Gasteiger partial charge in [0.1, 0.15) is 5.58 Å². The highest BCUT2D eigenvalue weighted by molar-refractivity contribution is 7.00. The van der Waals surface area contributed by atoms with Crippen molar-refractivity contribution in [2.75, 3.05) is 9.80 Å². The fourth-order valence-corrected chi connectivity index (χ4v) is 12.2. The van der Waals surface area contributed by atoms with Gasteiger partial charge in [-0.3, -0.25) is 0 Å². The summed E-state index contributed by atoms with van der Waals surface area (Å²) in [5, 5.41) is 3.62. The van der Waals surface area contributed by atoms with Crippen LogP contribution in [0.15, 0.2) is 162 Å². The zero-order valence-electron chi connectivity index (χ0n) is 44.8. The number of benzene rings is 8. The highest BCUT2D eigenvalue weighted by Gasteiger charge is 2.49. The Morgan fingerprint density at radius 3 is 1.71 bits per heavy atom. The minimum atomic E-state index is -0.183. The Morgan fingerprint density at radius 2 is 1.04 bits per heavy atom. The molecule has 0 N–H and O–H groups in total. The normalized spacial score (nSPS) is 15.9. The number of anilines is 6. The smallest absolute Gasteiger partial charge is 0.297 e. The quantitative estimate of drug-likeness (QED) is 0.164. The maximum absolute atomic E-state index is 7.52. The molecule has 0 spiro atoms. The van der Waals surface area contributed by atoms with Gasteiger partial charge in [-0.1, -0.05) is 187 Å². The zero-order chi connectivity index (χ0) is 50.4. The van der Waals surface area contributed by atoms with Crippen LogP contribution in [-0.4, -0.2) is 6.71 Å². The summed E-state index contributed by atoms with van der Waals surface area (Å²) in [5.74, 6) is 0. The fourth-order valence-electron chi connectivity index (χ4n) is 12.2. The first kappa shape index (κ1) is 46.3. The van der Waals surface area contributed by atoms with Gasteiger partial charge in [0.15, 0.2) is 0 Å². The Labute approximate surface area is 429 Å². The van der Waals surface area contributed by atoms with Crippen molar-refractivity contribution in [3.05, 3.63) is 186 Å². The first-order valence-electron chi connectivity index (χ1n) is 26.4. The Hall–Kier alpha value is -6.78. The van der Waals surface area contributed by atoms with Gasteiger partial charge in [0, 0.05) is 33.7 Å². The second-order valence-electron chi connectivity index (χ2n) is 25.7. The molecule has 8 aromatic carbocycles. The molecule has 1 aliphatic carbocycles. The molecule has 72 heavy (non-hydrogen) atoms. The summed E-state index contributed by atoms with van der Waals surface area (Å²) in [5.41, 5.74) is 23.0. The van der Waals surface area contributed by atoms with Crippen molar-refractivity contribution in [2.45, 2.75) is 130 Å². The van der Waals surface area contributed by atoms with Gasteiger partial charge in [-0.05, 0) is 167 Å². The number of rotatable bonds is 4. The fraction of sp³-hybridized carbons (Fsp3) is 0.294. The van der Waals surface area contributed by atoms with Crippen LogP contribution < -0.4 is 26.4 Å². The third-order valence-electron chi connectivity index (χ3n) is 16.8. The van der Waals surface area contributed by atoms with Crippen molar-refractivity contribution in [3.63, 3.8) is 0 Å². The Morgan fingerprint density at radius 1 is 0.458 bits per heavy atom. The molecule has 12 rings (SSSR count). The van der Waals surface area contributed by atoms with Crippen molar-refractivity contribution in [2.24, 2.45) is 0 Å². The van der Waals surface area contributed by atoms with Crippen LogP contribution in [-0.2, 0) is 27.1 Å². The molecule has 1 aromatic heterocycles. The molecule has 0 saturated heterocycles. The van der Waals surface area contributed by atoms with Crippen LogP contribution in [0.1, 0.15) is 131 Å². The van der Waals surface area contributed by atoms with Gasteiger partial charge in [-0.25, -0.2) is 0 Å². The van der Waals surface area contributed by atoms with Gasteiger partial charge >= 0.3 is 0 Å². The van der Waals surface area contributed by atoms with Crippen LogP contribution >= 0.6 is 0 Å². The second-order valence-corrected chi connectivity index (χ2v) is 25.7. The predicted octanol–water partition coefficient (Wildman–Crippen LogP) is 17.2. The average Bonchev–Trinajstić information content (AvgIpc) is 3.72. The Kier molecular flexibility index (Phi) is 10.2. The Bertz CT molecular complexity index is 3650. The molecule has 0 amide bonds. The maximum Gasteiger partial charge on any atom is 0.297 e. The summed E-state index contributed by atoms with van der Waals surface area (Å²) in [7, 11) is 0. The minimum Gasteiger partial charge on any atom is -0.468 e. The molecular formula is C68H69BN2O. The van der Waals surface area contributed by atoms with E-state index in [4.69, 9.17) is 4.42 Å². The molecule has 0 saturated carbocycles. The number of hydrogen-bond donors (Lipinski definition) is 0. The third-order valence-corrected chi connectivity index (χ3v) is 16.8. The molecule has 3 nitrogen and oxygen atoms in total. The summed E-state index contributed by atoms with van der Waals surface area (Å²) in [6.45, 7) is 30.5. The predicted molar refractivity (Wildman–Crippen MR) is 310 cm³/mol. The molecule has 3 aliphatic rings. The largest absolute Gasteiger partial charge is 0.468 e. The molecule has 3 heterocycles. The van der Waals surface area contributed by atoms with Crippen LogP contribution in [0.3, 0.4) is 0 Å². The summed E-state index contributed by atoms with van der Waals surface area (Å²) in [6.07, 6.45) is 2.26. The van der Waals surface area contributed by atoms with Gasteiger partial charge in [0.2, 0.25) is 0 Å². The van der Waals surface area contributed by atoms with Crippen LogP contribution in [0.2, 0.25) is 0 Å².